The fourth-order valence-electron chi connectivity index (χ4n) is 5.77. The Kier molecular flexibility index (Phi) is 7.83. The van der Waals surface area contributed by atoms with Gasteiger partial charge >= 0.3 is 0 Å². The highest BCUT2D eigenvalue weighted by Gasteiger charge is 2.14. The quantitative estimate of drug-likeness (QED) is 0.178. The van der Waals surface area contributed by atoms with Crippen LogP contribution < -0.4 is 0 Å². The van der Waals surface area contributed by atoms with Crippen molar-refractivity contribution in [3.8, 4) is 78.8 Å². The van der Waals surface area contributed by atoms with Crippen LogP contribution in [0.25, 0.3) is 78.8 Å². The van der Waals surface area contributed by atoms with E-state index in [9.17, 15) is 0 Å². The Hall–Kier alpha value is -6.59. The molecule has 0 radical (unpaired) electrons. The summed E-state index contributed by atoms with van der Waals surface area (Å²) in [4.78, 5) is 23.7. The molecule has 0 aliphatic carbocycles. The second-order valence-corrected chi connectivity index (χ2v) is 11.4. The molecule has 0 fully saturated rings. The van der Waals surface area contributed by atoms with E-state index in [0.29, 0.717) is 17.5 Å². The molecule has 0 amide bonds. The third-order valence-electron chi connectivity index (χ3n) is 8.31. The monoisotopic (exact) mass is 615 g/mol. The first kappa shape index (κ1) is 28.9. The second-order valence-electron chi connectivity index (χ2n) is 11.4. The highest BCUT2D eigenvalue weighted by atomic mass is 15.0. The van der Waals surface area contributed by atoms with E-state index in [-0.39, 0.29) is 0 Å². The van der Waals surface area contributed by atoms with Gasteiger partial charge in [-0.1, -0.05) is 127 Å². The molecular weight excluding hydrogens is 587 g/mol. The van der Waals surface area contributed by atoms with Crippen LogP contribution in [0.2, 0.25) is 0 Å². The lowest BCUT2D eigenvalue weighted by Crippen LogP contribution is -2.00. The molecule has 0 spiro atoms. The van der Waals surface area contributed by atoms with Crippen LogP contribution in [0.15, 0.2) is 176 Å². The molecule has 8 rings (SSSR count). The zero-order valence-corrected chi connectivity index (χ0v) is 26.0. The predicted molar refractivity (Wildman–Crippen MR) is 193 cm³/mol. The molecule has 5 aromatic carbocycles. The first-order valence-corrected chi connectivity index (χ1v) is 15.8. The van der Waals surface area contributed by atoms with Gasteiger partial charge in [0.15, 0.2) is 17.5 Å². The minimum absolute atomic E-state index is 0.625. The van der Waals surface area contributed by atoms with Crippen molar-refractivity contribution >= 4 is 0 Å². The standard InChI is InChI=1S/C43H29N5/c1-3-9-30(10-4-1)31-17-19-34(20-18-31)42-46-41(33-11-5-2-6-12-33)47-43(48-42)38-16-8-14-36(28-38)35-13-7-15-37(27-35)39-21-22-40(45-29-39)32-23-25-44-26-24-32/h1-29H. The van der Waals surface area contributed by atoms with Crippen molar-refractivity contribution in [2.45, 2.75) is 0 Å². The Morgan fingerprint density at radius 3 is 1.33 bits per heavy atom. The van der Waals surface area contributed by atoms with Crippen LogP contribution in [-0.4, -0.2) is 24.9 Å². The zero-order chi connectivity index (χ0) is 32.1. The number of hydrogen-bond donors (Lipinski definition) is 0. The van der Waals surface area contributed by atoms with Crippen LogP contribution in [0.5, 0.6) is 0 Å². The van der Waals surface area contributed by atoms with Crippen molar-refractivity contribution in [2.75, 3.05) is 0 Å². The van der Waals surface area contributed by atoms with E-state index in [4.69, 9.17) is 19.9 Å². The van der Waals surface area contributed by atoms with Crippen molar-refractivity contribution < 1.29 is 0 Å². The molecule has 8 aromatic rings. The molecule has 0 N–H and O–H groups in total. The van der Waals surface area contributed by atoms with Gasteiger partial charge in [-0.3, -0.25) is 9.97 Å². The molecule has 0 saturated heterocycles. The number of benzene rings is 5. The molecule has 226 valence electrons. The molecule has 3 heterocycles. The van der Waals surface area contributed by atoms with Crippen LogP contribution in [-0.2, 0) is 0 Å². The average molecular weight is 616 g/mol. The minimum atomic E-state index is 0.625. The first-order chi connectivity index (χ1) is 23.8. The number of aromatic nitrogens is 5. The largest absolute Gasteiger partial charge is 0.265 e. The van der Waals surface area contributed by atoms with E-state index in [1.165, 1.54) is 5.56 Å². The molecule has 0 aliphatic heterocycles. The smallest absolute Gasteiger partial charge is 0.164 e. The van der Waals surface area contributed by atoms with Gasteiger partial charge in [-0.05, 0) is 58.1 Å². The highest BCUT2D eigenvalue weighted by Crippen LogP contribution is 2.31. The van der Waals surface area contributed by atoms with Gasteiger partial charge in [-0.15, -0.1) is 0 Å². The molecule has 48 heavy (non-hydrogen) atoms. The summed E-state index contributed by atoms with van der Waals surface area (Å²) in [5, 5.41) is 0. The normalized spacial score (nSPS) is 10.9. The third kappa shape index (κ3) is 6.13. The Morgan fingerprint density at radius 2 is 0.729 bits per heavy atom. The lowest BCUT2D eigenvalue weighted by molar-refractivity contribution is 1.07. The van der Waals surface area contributed by atoms with Crippen molar-refractivity contribution in [2.24, 2.45) is 0 Å². The summed E-state index contributed by atoms with van der Waals surface area (Å²) in [5.74, 6) is 1.89. The Labute approximate surface area is 279 Å². The predicted octanol–water partition coefficient (Wildman–Crippen LogP) is 10.3. The fraction of sp³-hybridized carbons (Fsp3) is 0. The van der Waals surface area contributed by atoms with Gasteiger partial charge in [0.2, 0.25) is 0 Å². The van der Waals surface area contributed by atoms with Crippen molar-refractivity contribution in [1.82, 2.24) is 24.9 Å². The summed E-state index contributed by atoms with van der Waals surface area (Å²) in [5.41, 5.74) is 11.4. The SMILES string of the molecule is c1ccc(-c2ccc(-c3nc(-c4ccccc4)nc(-c4cccc(-c5cccc(-c6ccc(-c7ccncc7)nc6)c5)c4)n3)cc2)cc1. The number of hydrogen-bond acceptors (Lipinski definition) is 5. The van der Waals surface area contributed by atoms with Crippen molar-refractivity contribution in [1.29, 1.82) is 0 Å². The lowest BCUT2D eigenvalue weighted by atomic mass is 9.98. The van der Waals surface area contributed by atoms with Crippen LogP contribution in [0.3, 0.4) is 0 Å². The molecule has 0 aliphatic rings. The molecular formula is C43H29N5. The van der Waals surface area contributed by atoms with Crippen LogP contribution in [0.4, 0.5) is 0 Å². The number of pyridine rings is 2. The topological polar surface area (TPSA) is 64.5 Å². The Balaban J connectivity index is 1.14. The third-order valence-corrected chi connectivity index (χ3v) is 8.31. The zero-order valence-electron chi connectivity index (χ0n) is 26.0. The maximum atomic E-state index is 5.00. The van der Waals surface area contributed by atoms with Gasteiger partial charge in [0.25, 0.3) is 0 Å². The molecule has 0 bridgehead atoms. The average Bonchev–Trinajstić information content (AvgIpc) is 3.19. The molecule has 0 unspecified atom stereocenters. The summed E-state index contributed by atoms with van der Waals surface area (Å²) < 4.78 is 0. The molecule has 3 aromatic heterocycles. The molecule has 0 saturated carbocycles. The maximum Gasteiger partial charge on any atom is 0.164 e. The number of nitrogens with zero attached hydrogens (tertiary/aromatic N) is 5. The van der Waals surface area contributed by atoms with E-state index in [0.717, 1.165) is 55.8 Å². The van der Waals surface area contributed by atoms with E-state index in [1.807, 2.05) is 54.7 Å². The summed E-state index contributed by atoms with van der Waals surface area (Å²) in [6.07, 6.45) is 5.49. The van der Waals surface area contributed by atoms with Gasteiger partial charge in [0, 0.05) is 46.4 Å². The van der Waals surface area contributed by atoms with E-state index in [2.05, 4.69) is 114 Å². The van der Waals surface area contributed by atoms with E-state index < -0.39 is 0 Å². The highest BCUT2D eigenvalue weighted by molar-refractivity contribution is 5.77. The minimum Gasteiger partial charge on any atom is -0.265 e. The first-order valence-electron chi connectivity index (χ1n) is 15.8. The van der Waals surface area contributed by atoms with Crippen molar-refractivity contribution in [3.05, 3.63) is 176 Å². The van der Waals surface area contributed by atoms with Crippen molar-refractivity contribution in [3.63, 3.8) is 0 Å². The van der Waals surface area contributed by atoms with Gasteiger partial charge in [0.05, 0.1) is 5.69 Å². The Bertz CT molecular complexity index is 2300. The van der Waals surface area contributed by atoms with Gasteiger partial charge in [-0.2, -0.15) is 0 Å². The van der Waals surface area contributed by atoms with E-state index in [1.54, 1.807) is 12.4 Å². The molecule has 0 atom stereocenters. The van der Waals surface area contributed by atoms with Crippen LogP contribution >= 0.6 is 0 Å². The fourth-order valence-corrected chi connectivity index (χ4v) is 5.77. The maximum absolute atomic E-state index is 5.00. The van der Waals surface area contributed by atoms with Gasteiger partial charge < -0.3 is 0 Å². The van der Waals surface area contributed by atoms with Crippen LogP contribution in [0.1, 0.15) is 0 Å². The van der Waals surface area contributed by atoms with E-state index >= 15 is 0 Å². The van der Waals surface area contributed by atoms with Crippen LogP contribution in [0, 0.1) is 0 Å². The lowest BCUT2D eigenvalue weighted by Gasteiger charge is -2.11. The summed E-state index contributed by atoms with van der Waals surface area (Å²) in [6, 6.07) is 53.8. The summed E-state index contributed by atoms with van der Waals surface area (Å²) in [6.45, 7) is 0. The summed E-state index contributed by atoms with van der Waals surface area (Å²) in [7, 11) is 0. The molecule has 5 nitrogen and oxygen atoms in total. The van der Waals surface area contributed by atoms with Gasteiger partial charge in [0.1, 0.15) is 0 Å². The Morgan fingerprint density at radius 1 is 0.292 bits per heavy atom. The number of rotatable bonds is 7. The van der Waals surface area contributed by atoms with Gasteiger partial charge in [-0.25, -0.2) is 15.0 Å². The molecule has 5 heteroatoms. The summed E-state index contributed by atoms with van der Waals surface area (Å²) >= 11 is 0. The second kappa shape index (κ2) is 13.0.